The zero-order chi connectivity index (χ0) is 11.5. The fraction of sp³-hybridized carbons (Fsp3) is 0.250. The summed E-state index contributed by atoms with van der Waals surface area (Å²) >= 11 is 0. The van der Waals surface area contributed by atoms with E-state index in [-0.39, 0.29) is 17.8 Å². The minimum absolute atomic E-state index is 0.0801. The van der Waals surface area contributed by atoms with Crippen molar-refractivity contribution in [2.75, 3.05) is 6.61 Å². The van der Waals surface area contributed by atoms with Crippen molar-refractivity contribution in [2.24, 2.45) is 0 Å². The van der Waals surface area contributed by atoms with Crippen LogP contribution in [-0.4, -0.2) is 18.6 Å². The molecule has 0 bridgehead atoms. The molecule has 1 atom stereocenters. The molecule has 1 heterocycles. The van der Waals surface area contributed by atoms with Crippen LogP contribution in [0, 0.1) is 5.82 Å². The molecule has 1 aromatic carbocycles. The SMILES string of the molecule is C=CC(=O)NC1COc2cc(F)ccc2C1. The number of nitrogens with one attached hydrogen (secondary N) is 1. The fourth-order valence-corrected chi connectivity index (χ4v) is 1.70. The van der Waals surface area contributed by atoms with Crippen LogP contribution in [0.4, 0.5) is 4.39 Å². The van der Waals surface area contributed by atoms with Crippen molar-refractivity contribution in [1.29, 1.82) is 0 Å². The highest BCUT2D eigenvalue weighted by Gasteiger charge is 2.20. The highest BCUT2D eigenvalue weighted by atomic mass is 19.1. The maximum absolute atomic E-state index is 12.9. The molecule has 1 N–H and O–H groups in total. The van der Waals surface area contributed by atoms with Crippen molar-refractivity contribution in [2.45, 2.75) is 12.5 Å². The van der Waals surface area contributed by atoms with Crippen LogP contribution in [0.5, 0.6) is 5.75 Å². The summed E-state index contributed by atoms with van der Waals surface area (Å²) in [5.74, 6) is 0.0237. The van der Waals surface area contributed by atoms with Crippen LogP contribution >= 0.6 is 0 Å². The molecule has 84 valence electrons. The maximum Gasteiger partial charge on any atom is 0.243 e. The first-order chi connectivity index (χ1) is 7.69. The Hall–Kier alpha value is -1.84. The van der Waals surface area contributed by atoms with Gasteiger partial charge in [-0.2, -0.15) is 0 Å². The number of benzene rings is 1. The van der Waals surface area contributed by atoms with Gasteiger partial charge >= 0.3 is 0 Å². The van der Waals surface area contributed by atoms with Crippen molar-refractivity contribution in [3.8, 4) is 5.75 Å². The summed E-state index contributed by atoms with van der Waals surface area (Å²) in [5, 5.41) is 2.75. The summed E-state index contributed by atoms with van der Waals surface area (Å²) < 4.78 is 18.3. The second-order valence-corrected chi connectivity index (χ2v) is 3.68. The summed E-state index contributed by atoms with van der Waals surface area (Å²) in [6.07, 6.45) is 1.87. The van der Waals surface area contributed by atoms with Crippen LogP contribution in [0.2, 0.25) is 0 Å². The zero-order valence-corrected chi connectivity index (χ0v) is 8.70. The summed E-state index contributed by atoms with van der Waals surface area (Å²) in [6, 6.07) is 4.35. The first kappa shape index (κ1) is 10.7. The van der Waals surface area contributed by atoms with Gasteiger partial charge in [0.1, 0.15) is 18.2 Å². The lowest BCUT2D eigenvalue weighted by Crippen LogP contribution is -2.42. The molecular weight excluding hydrogens is 209 g/mol. The summed E-state index contributed by atoms with van der Waals surface area (Å²) in [5.41, 5.74) is 0.905. The minimum Gasteiger partial charge on any atom is -0.491 e. The topological polar surface area (TPSA) is 38.3 Å². The number of fused-ring (bicyclic) bond motifs is 1. The smallest absolute Gasteiger partial charge is 0.243 e. The number of amides is 1. The Morgan fingerprint density at radius 2 is 2.44 bits per heavy atom. The van der Waals surface area contributed by atoms with Gasteiger partial charge in [0, 0.05) is 6.07 Å². The van der Waals surface area contributed by atoms with E-state index < -0.39 is 0 Å². The van der Waals surface area contributed by atoms with Crippen LogP contribution in [0.25, 0.3) is 0 Å². The highest BCUT2D eigenvalue weighted by Crippen LogP contribution is 2.25. The van der Waals surface area contributed by atoms with Gasteiger partial charge in [-0.15, -0.1) is 0 Å². The van der Waals surface area contributed by atoms with Gasteiger partial charge in [0.05, 0.1) is 6.04 Å². The number of ether oxygens (including phenoxy) is 1. The van der Waals surface area contributed by atoms with E-state index in [0.717, 1.165) is 5.56 Å². The molecule has 2 rings (SSSR count). The lowest BCUT2D eigenvalue weighted by Gasteiger charge is -2.25. The quantitative estimate of drug-likeness (QED) is 0.767. The molecule has 0 radical (unpaired) electrons. The van der Waals surface area contributed by atoms with Gasteiger partial charge in [-0.3, -0.25) is 4.79 Å². The Labute approximate surface area is 92.9 Å². The normalized spacial score (nSPS) is 18.2. The standard InChI is InChI=1S/C12H12FNO2/c1-2-12(15)14-10-5-8-3-4-9(13)6-11(8)16-7-10/h2-4,6,10H,1,5,7H2,(H,14,15). The third kappa shape index (κ3) is 2.21. The zero-order valence-electron chi connectivity index (χ0n) is 8.70. The van der Waals surface area contributed by atoms with Crippen LogP contribution in [0.1, 0.15) is 5.56 Å². The van der Waals surface area contributed by atoms with Crippen molar-refractivity contribution >= 4 is 5.91 Å². The van der Waals surface area contributed by atoms with E-state index in [9.17, 15) is 9.18 Å². The monoisotopic (exact) mass is 221 g/mol. The third-order valence-electron chi connectivity index (χ3n) is 2.47. The van der Waals surface area contributed by atoms with Gasteiger partial charge in [0.2, 0.25) is 5.91 Å². The molecule has 4 heteroatoms. The predicted octanol–water partition coefficient (Wildman–Crippen LogP) is 1.43. The molecule has 0 saturated carbocycles. The van der Waals surface area contributed by atoms with E-state index in [2.05, 4.69) is 11.9 Å². The number of carbonyl (C=O) groups excluding carboxylic acids is 1. The molecular formula is C12H12FNO2. The lowest BCUT2D eigenvalue weighted by molar-refractivity contribution is -0.117. The molecule has 1 aliphatic rings. The van der Waals surface area contributed by atoms with Crippen molar-refractivity contribution < 1.29 is 13.9 Å². The number of rotatable bonds is 2. The Morgan fingerprint density at radius 3 is 3.19 bits per heavy atom. The second-order valence-electron chi connectivity index (χ2n) is 3.68. The van der Waals surface area contributed by atoms with E-state index in [0.29, 0.717) is 18.8 Å². The molecule has 0 aliphatic carbocycles. The van der Waals surface area contributed by atoms with Gasteiger partial charge in [-0.25, -0.2) is 4.39 Å². The maximum atomic E-state index is 12.9. The Bertz CT molecular complexity index is 431. The van der Waals surface area contributed by atoms with Gasteiger partial charge < -0.3 is 10.1 Å². The molecule has 3 nitrogen and oxygen atoms in total. The van der Waals surface area contributed by atoms with Crippen LogP contribution < -0.4 is 10.1 Å². The number of carbonyl (C=O) groups is 1. The van der Waals surface area contributed by atoms with Gasteiger partial charge in [-0.1, -0.05) is 12.6 Å². The molecule has 1 aromatic rings. The van der Waals surface area contributed by atoms with E-state index in [1.807, 2.05) is 0 Å². The Morgan fingerprint density at radius 1 is 1.62 bits per heavy atom. The van der Waals surface area contributed by atoms with Crippen LogP contribution in [0.15, 0.2) is 30.9 Å². The molecule has 0 spiro atoms. The van der Waals surface area contributed by atoms with Gasteiger partial charge in [-0.05, 0) is 24.1 Å². The van der Waals surface area contributed by atoms with Crippen molar-refractivity contribution in [1.82, 2.24) is 5.32 Å². The van der Waals surface area contributed by atoms with E-state index in [1.54, 1.807) is 6.07 Å². The second kappa shape index (κ2) is 4.35. The molecule has 1 amide bonds. The Kier molecular flexibility index (Phi) is 2.90. The minimum atomic E-state index is -0.313. The summed E-state index contributed by atoms with van der Waals surface area (Å²) in [4.78, 5) is 11.1. The molecule has 0 saturated heterocycles. The van der Waals surface area contributed by atoms with E-state index in [4.69, 9.17) is 4.74 Å². The van der Waals surface area contributed by atoms with E-state index >= 15 is 0 Å². The molecule has 0 aromatic heterocycles. The highest BCUT2D eigenvalue weighted by molar-refractivity contribution is 5.87. The molecule has 16 heavy (non-hydrogen) atoms. The van der Waals surface area contributed by atoms with Crippen molar-refractivity contribution in [3.63, 3.8) is 0 Å². The lowest BCUT2D eigenvalue weighted by atomic mass is 10.0. The predicted molar refractivity (Wildman–Crippen MR) is 57.7 cm³/mol. The average Bonchev–Trinajstić information content (AvgIpc) is 2.29. The van der Waals surface area contributed by atoms with Gasteiger partial charge in [0.25, 0.3) is 0 Å². The average molecular weight is 221 g/mol. The third-order valence-corrected chi connectivity index (χ3v) is 2.47. The number of hydrogen-bond acceptors (Lipinski definition) is 2. The number of halogens is 1. The fourth-order valence-electron chi connectivity index (χ4n) is 1.70. The number of hydrogen-bond donors (Lipinski definition) is 1. The molecule has 1 aliphatic heterocycles. The van der Waals surface area contributed by atoms with E-state index in [1.165, 1.54) is 18.2 Å². The largest absolute Gasteiger partial charge is 0.491 e. The summed E-state index contributed by atoms with van der Waals surface area (Å²) in [7, 11) is 0. The molecule has 0 fully saturated rings. The van der Waals surface area contributed by atoms with Crippen molar-refractivity contribution in [3.05, 3.63) is 42.2 Å². The van der Waals surface area contributed by atoms with Crippen LogP contribution in [-0.2, 0) is 11.2 Å². The molecule has 1 unspecified atom stereocenters. The summed E-state index contributed by atoms with van der Waals surface area (Å²) in [6.45, 7) is 3.74. The first-order valence-corrected chi connectivity index (χ1v) is 5.03. The van der Waals surface area contributed by atoms with Gasteiger partial charge in [0.15, 0.2) is 0 Å². The Balaban J connectivity index is 2.09. The first-order valence-electron chi connectivity index (χ1n) is 5.03. The van der Waals surface area contributed by atoms with Crippen LogP contribution in [0.3, 0.4) is 0 Å².